The molecule has 23 heavy (non-hydrogen) atoms. The molecule has 1 amide bonds. The number of piperidine rings is 1. The molecule has 0 saturated carbocycles. The lowest BCUT2D eigenvalue weighted by molar-refractivity contribution is -0.125. The van der Waals surface area contributed by atoms with Crippen LogP contribution in [-0.4, -0.2) is 36.0 Å². The topological polar surface area (TPSA) is 58.1 Å². The first-order chi connectivity index (χ1) is 11.0. The third-order valence-electron chi connectivity index (χ3n) is 4.88. The first-order valence-electron chi connectivity index (χ1n) is 8.21. The summed E-state index contributed by atoms with van der Waals surface area (Å²) in [6, 6.07) is 4.31. The van der Waals surface area contributed by atoms with Crippen molar-refractivity contribution in [3.05, 3.63) is 29.0 Å². The van der Waals surface area contributed by atoms with E-state index in [0.717, 1.165) is 48.5 Å². The van der Waals surface area contributed by atoms with Crippen LogP contribution in [0.1, 0.15) is 29.7 Å². The third-order valence-corrected chi connectivity index (χ3v) is 4.88. The fraction of sp³-hybridized carbons (Fsp3) is 0.500. The first kappa shape index (κ1) is 15.7. The van der Waals surface area contributed by atoms with Gasteiger partial charge in [-0.05, 0) is 56.9 Å². The zero-order valence-corrected chi connectivity index (χ0v) is 14.3. The van der Waals surface area contributed by atoms with Gasteiger partial charge in [-0.25, -0.2) is 9.97 Å². The van der Waals surface area contributed by atoms with Crippen LogP contribution in [0.5, 0.6) is 0 Å². The normalized spacial score (nSPS) is 15.9. The van der Waals surface area contributed by atoms with Gasteiger partial charge in [0.1, 0.15) is 0 Å². The van der Waals surface area contributed by atoms with Crippen LogP contribution in [0.15, 0.2) is 12.1 Å². The maximum Gasteiger partial charge on any atom is 0.226 e. The third kappa shape index (κ3) is 3.00. The van der Waals surface area contributed by atoms with Crippen molar-refractivity contribution in [2.24, 2.45) is 5.92 Å². The number of aryl methyl sites for hydroxylation is 3. The summed E-state index contributed by atoms with van der Waals surface area (Å²) >= 11 is 0. The van der Waals surface area contributed by atoms with Gasteiger partial charge >= 0.3 is 0 Å². The molecule has 0 bridgehead atoms. The summed E-state index contributed by atoms with van der Waals surface area (Å²) in [5.74, 6) is 1.04. The Morgan fingerprint density at radius 1 is 1.13 bits per heavy atom. The van der Waals surface area contributed by atoms with Crippen molar-refractivity contribution < 1.29 is 4.79 Å². The summed E-state index contributed by atoms with van der Waals surface area (Å²) < 4.78 is 0. The van der Waals surface area contributed by atoms with Crippen LogP contribution in [0.25, 0.3) is 10.9 Å². The molecule has 5 heteroatoms. The van der Waals surface area contributed by atoms with Gasteiger partial charge in [0.25, 0.3) is 0 Å². The molecule has 5 nitrogen and oxygen atoms in total. The Morgan fingerprint density at radius 2 is 1.78 bits per heavy atom. The van der Waals surface area contributed by atoms with Gasteiger partial charge in [0.15, 0.2) is 0 Å². The number of aromatic nitrogens is 2. The fourth-order valence-corrected chi connectivity index (χ4v) is 3.21. The molecule has 0 atom stereocenters. The zero-order valence-electron chi connectivity index (χ0n) is 14.3. The Bertz CT molecular complexity index is 748. The number of hydrogen-bond acceptors (Lipinski definition) is 4. The lowest BCUT2D eigenvalue weighted by atomic mass is 9.96. The SMILES string of the molecule is CNC(=O)C1CCN(c2nc(C)c3cc(C)c(C)cc3n2)CC1. The van der Waals surface area contributed by atoms with E-state index >= 15 is 0 Å². The van der Waals surface area contributed by atoms with Gasteiger partial charge in [-0.3, -0.25) is 4.79 Å². The Labute approximate surface area is 137 Å². The molecule has 1 saturated heterocycles. The van der Waals surface area contributed by atoms with Crippen LogP contribution in [0.2, 0.25) is 0 Å². The van der Waals surface area contributed by atoms with Gasteiger partial charge in [0.05, 0.1) is 11.2 Å². The molecule has 0 unspecified atom stereocenters. The van der Waals surface area contributed by atoms with Gasteiger partial charge in [0.2, 0.25) is 11.9 Å². The minimum atomic E-state index is 0.114. The molecule has 0 spiro atoms. The van der Waals surface area contributed by atoms with Gasteiger partial charge in [-0.15, -0.1) is 0 Å². The highest BCUT2D eigenvalue weighted by atomic mass is 16.1. The summed E-state index contributed by atoms with van der Waals surface area (Å²) in [6.07, 6.45) is 1.71. The van der Waals surface area contributed by atoms with Gasteiger partial charge < -0.3 is 10.2 Å². The summed E-state index contributed by atoms with van der Waals surface area (Å²) in [5.41, 5.74) is 4.54. The Morgan fingerprint density at radius 3 is 2.43 bits per heavy atom. The molecule has 1 aliphatic heterocycles. The predicted octanol–water partition coefficient (Wildman–Crippen LogP) is 2.52. The maximum atomic E-state index is 11.7. The number of hydrogen-bond donors (Lipinski definition) is 1. The molecule has 1 N–H and O–H groups in total. The summed E-state index contributed by atoms with van der Waals surface area (Å²) in [7, 11) is 1.70. The molecule has 122 valence electrons. The number of nitrogens with zero attached hydrogens (tertiary/aromatic N) is 3. The number of fused-ring (bicyclic) bond motifs is 1. The van der Waals surface area contributed by atoms with E-state index < -0.39 is 0 Å². The quantitative estimate of drug-likeness (QED) is 0.926. The monoisotopic (exact) mass is 312 g/mol. The smallest absolute Gasteiger partial charge is 0.226 e. The standard InChI is InChI=1S/C18H24N4O/c1-11-9-15-13(3)20-18(21-16(15)10-12(11)2)22-7-5-14(6-8-22)17(23)19-4/h9-10,14H,5-8H2,1-4H3,(H,19,23). The number of rotatable bonds is 2. The molecule has 1 fully saturated rings. The minimum Gasteiger partial charge on any atom is -0.359 e. The summed E-state index contributed by atoms with van der Waals surface area (Å²) in [6.45, 7) is 7.92. The second-order valence-corrected chi connectivity index (χ2v) is 6.44. The number of nitrogens with one attached hydrogen (secondary N) is 1. The van der Waals surface area contributed by atoms with E-state index in [4.69, 9.17) is 9.97 Å². The van der Waals surface area contributed by atoms with E-state index in [1.165, 1.54) is 11.1 Å². The highest BCUT2D eigenvalue weighted by Gasteiger charge is 2.25. The minimum absolute atomic E-state index is 0.114. The Hall–Kier alpha value is -2.17. The number of amides is 1. The molecule has 0 aliphatic carbocycles. The Balaban J connectivity index is 1.87. The number of carbonyl (C=O) groups excluding carboxylic acids is 1. The van der Waals surface area contributed by atoms with E-state index in [-0.39, 0.29) is 11.8 Å². The van der Waals surface area contributed by atoms with E-state index in [2.05, 4.69) is 36.2 Å². The highest BCUT2D eigenvalue weighted by molar-refractivity contribution is 5.83. The van der Waals surface area contributed by atoms with Crippen LogP contribution in [0, 0.1) is 26.7 Å². The van der Waals surface area contributed by atoms with Crippen LogP contribution in [0.3, 0.4) is 0 Å². The maximum absolute atomic E-state index is 11.7. The van der Waals surface area contributed by atoms with Crippen molar-refractivity contribution in [1.29, 1.82) is 0 Å². The number of anilines is 1. The molecule has 1 aliphatic rings. The van der Waals surface area contributed by atoms with Crippen LogP contribution in [0.4, 0.5) is 5.95 Å². The number of carbonyl (C=O) groups is 1. The largest absolute Gasteiger partial charge is 0.359 e. The zero-order chi connectivity index (χ0) is 16.6. The lowest BCUT2D eigenvalue weighted by Gasteiger charge is -2.31. The van der Waals surface area contributed by atoms with Crippen molar-refractivity contribution in [2.75, 3.05) is 25.0 Å². The van der Waals surface area contributed by atoms with E-state index in [1.807, 2.05) is 6.92 Å². The summed E-state index contributed by atoms with van der Waals surface area (Å²) in [4.78, 5) is 23.4. The van der Waals surface area contributed by atoms with E-state index in [0.29, 0.717) is 0 Å². The molecule has 1 aromatic heterocycles. The Kier molecular flexibility index (Phi) is 4.20. The summed E-state index contributed by atoms with van der Waals surface area (Å²) in [5, 5.41) is 3.87. The second-order valence-electron chi connectivity index (χ2n) is 6.44. The average molecular weight is 312 g/mol. The molecule has 2 aromatic rings. The number of benzene rings is 1. The van der Waals surface area contributed by atoms with Gasteiger partial charge in [-0.2, -0.15) is 0 Å². The molecule has 0 radical (unpaired) electrons. The van der Waals surface area contributed by atoms with Crippen molar-refractivity contribution in [1.82, 2.24) is 15.3 Å². The molecular formula is C18H24N4O. The highest BCUT2D eigenvalue weighted by Crippen LogP contribution is 2.25. The molecule has 2 heterocycles. The van der Waals surface area contributed by atoms with Crippen molar-refractivity contribution >= 4 is 22.8 Å². The van der Waals surface area contributed by atoms with Crippen LogP contribution >= 0.6 is 0 Å². The van der Waals surface area contributed by atoms with Gasteiger partial charge in [-0.1, -0.05) is 0 Å². The first-order valence-corrected chi connectivity index (χ1v) is 8.21. The second kappa shape index (κ2) is 6.14. The lowest BCUT2D eigenvalue weighted by Crippen LogP contribution is -2.40. The van der Waals surface area contributed by atoms with Crippen molar-refractivity contribution in [3.8, 4) is 0 Å². The average Bonchev–Trinajstić information content (AvgIpc) is 2.56. The fourth-order valence-electron chi connectivity index (χ4n) is 3.21. The van der Waals surface area contributed by atoms with Crippen molar-refractivity contribution in [3.63, 3.8) is 0 Å². The van der Waals surface area contributed by atoms with Gasteiger partial charge in [0, 0.05) is 31.4 Å². The molecule has 3 rings (SSSR count). The van der Waals surface area contributed by atoms with Crippen molar-refractivity contribution in [2.45, 2.75) is 33.6 Å². The molecular weight excluding hydrogens is 288 g/mol. The van der Waals surface area contributed by atoms with E-state index in [9.17, 15) is 4.79 Å². The molecule has 1 aromatic carbocycles. The van der Waals surface area contributed by atoms with E-state index in [1.54, 1.807) is 7.05 Å². The van der Waals surface area contributed by atoms with Crippen LogP contribution in [-0.2, 0) is 4.79 Å². The predicted molar refractivity (Wildman–Crippen MR) is 92.8 cm³/mol. The van der Waals surface area contributed by atoms with Crippen LogP contribution < -0.4 is 10.2 Å².